The molecule has 2 rings (SSSR count). The predicted octanol–water partition coefficient (Wildman–Crippen LogP) is 2.84. The van der Waals surface area contributed by atoms with Gasteiger partial charge in [-0.05, 0) is 24.6 Å². The molecule has 0 atom stereocenters. The molecule has 0 aromatic heterocycles. The quantitative estimate of drug-likeness (QED) is 0.777. The Labute approximate surface area is 101 Å². The van der Waals surface area contributed by atoms with Gasteiger partial charge in [-0.3, -0.25) is 0 Å². The van der Waals surface area contributed by atoms with Crippen molar-refractivity contribution >= 4 is 11.4 Å². The molecule has 0 saturated carbocycles. The van der Waals surface area contributed by atoms with Gasteiger partial charge in [-0.15, -0.1) is 0 Å². The number of nitrogens with two attached hydrogens (primary N) is 2. The van der Waals surface area contributed by atoms with Gasteiger partial charge in [0.1, 0.15) is 5.75 Å². The van der Waals surface area contributed by atoms with E-state index in [0.29, 0.717) is 5.69 Å². The van der Waals surface area contributed by atoms with E-state index in [4.69, 9.17) is 16.2 Å². The Morgan fingerprint density at radius 1 is 1.00 bits per heavy atom. The second-order valence-corrected chi connectivity index (χ2v) is 4.00. The summed E-state index contributed by atoms with van der Waals surface area (Å²) in [6, 6.07) is 11.5. The van der Waals surface area contributed by atoms with Gasteiger partial charge < -0.3 is 16.2 Å². The number of hydrogen-bond donors (Lipinski definition) is 2. The second-order valence-electron chi connectivity index (χ2n) is 4.00. The molecule has 3 nitrogen and oxygen atoms in total. The van der Waals surface area contributed by atoms with Crippen LogP contribution >= 0.6 is 0 Å². The summed E-state index contributed by atoms with van der Waals surface area (Å²) < 4.78 is 5.34. The molecule has 0 aliphatic rings. The molecule has 0 saturated heterocycles. The van der Waals surface area contributed by atoms with Gasteiger partial charge >= 0.3 is 0 Å². The van der Waals surface area contributed by atoms with Crippen LogP contribution in [0.25, 0.3) is 11.1 Å². The first-order valence-electron chi connectivity index (χ1n) is 5.42. The van der Waals surface area contributed by atoms with Crippen molar-refractivity contribution in [3.8, 4) is 16.9 Å². The van der Waals surface area contributed by atoms with Crippen molar-refractivity contribution in [1.82, 2.24) is 0 Å². The molecular formula is C14H16N2O. The third-order valence-corrected chi connectivity index (χ3v) is 2.84. The Morgan fingerprint density at radius 3 is 2.47 bits per heavy atom. The highest BCUT2D eigenvalue weighted by molar-refractivity contribution is 5.83. The molecule has 0 spiro atoms. The Bertz CT molecular complexity index is 550. The fourth-order valence-corrected chi connectivity index (χ4v) is 1.85. The SMILES string of the molecule is COc1cc(N)ccc1-c1cccc(C)c1N. The molecule has 3 heteroatoms. The van der Waals surface area contributed by atoms with E-state index in [0.717, 1.165) is 28.1 Å². The van der Waals surface area contributed by atoms with Gasteiger partial charge in [-0.2, -0.15) is 0 Å². The summed E-state index contributed by atoms with van der Waals surface area (Å²) in [5.74, 6) is 0.738. The highest BCUT2D eigenvalue weighted by atomic mass is 16.5. The minimum atomic E-state index is 0.678. The maximum atomic E-state index is 6.09. The van der Waals surface area contributed by atoms with Crippen molar-refractivity contribution in [3.05, 3.63) is 42.0 Å². The van der Waals surface area contributed by atoms with Crippen LogP contribution < -0.4 is 16.2 Å². The second kappa shape index (κ2) is 4.37. The monoisotopic (exact) mass is 228 g/mol. The average Bonchev–Trinajstić information content (AvgIpc) is 2.33. The molecule has 88 valence electrons. The van der Waals surface area contributed by atoms with Gasteiger partial charge in [0, 0.05) is 28.6 Å². The van der Waals surface area contributed by atoms with E-state index in [2.05, 4.69) is 0 Å². The van der Waals surface area contributed by atoms with E-state index in [1.54, 1.807) is 13.2 Å². The third-order valence-electron chi connectivity index (χ3n) is 2.84. The maximum absolute atomic E-state index is 6.09. The topological polar surface area (TPSA) is 61.3 Å². The number of hydrogen-bond acceptors (Lipinski definition) is 3. The number of methoxy groups -OCH3 is 1. The molecule has 4 N–H and O–H groups in total. The molecule has 0 amide bonds. The number of rotatable bonds is 2. The fraction of sp³-hybridized carbons (Fsp3) is 0.143. The highest BCUT2D eigenvalue weighted by Crippen LogP contribution is 2.36. The summed E-state index contributed by atoms with van der Waals surface area (Å²) in [5.41, 5.74) is 16.3. The molecule has 0 aliphatic carbocycles. The van der Waals surface area contributed by atoms with Crippen molar-refractivity contribution in [2.75, 3.05) is 18.6 Å². The van der Waals surface area contributed by atoms with Crippen LogP contribution in [0.5, 0.6) is 5.75 Å². The lowest BCUT2D eigenvalue weighted by Gasteiger charge is -2.12. The lowest BCUT2D eigenvalue weighted by atomic mass is 10.00. The number of ether oxygens (including phenoxy) is 1. The van der Waals surface area contributed by atoms with E-state index in [1.807, 2.05) is 37.3 Å². The first-order valence-corrected chi connectivity index (χ1v) is 5.42. The van der Waals surface area contributed by atoms with Crippen LogP contribution in [0.2, 0.25) is 0 Å². The van der Waals surface area contributed by atoms with E-state index >= 15 is 0 Å². The average molecular weight is 228 g/mol. The minimum absolute atomic E-state index is 0.678. The molecule has 17 heavy (non-hydrogen) atoms. The van der Waals surface area contributed by atoms with Crippen molar-refractivity contribution < 1.29 is 4.74 Å². The van der Waals surface area contributed by atoms with Crippen LogP contribution in [0.4, 0.5) is 11.4 Å². The van der Waals surface area contributed by atoms with Crippen LogP contribution in [-0.4, -0.2) is 7.11 Å². The van der Waals surface area contributed by atoms with E-state index in [-0.39, 0.29) is 0 Å². The third kappa shape index (κ3) is 2.04. The highest BCUT2D eigenvalue weighted by Gasteiger charge is 2.10. The summed E-state index contributed by atoms with van der Waals surface area (Å²) in [5, 5.41) is 0. The molecule has 2 aromatic carbocycles. The molecule has 0 heterocycles. The smallest absolute Gasteiger partial charge is 0.128 e. The lowest BCUT2D eigenvalue weighted by molar-refractivity contribution is 0.416. The first kappa shape index (κ1) is 11.3. The molecule has 2 aromatic rings. The standard InChI is InChI=1S/C14H16N2O/c1-9-4-3-5-12(14(9)16)11-7-6-10(15)8-13(11)17-2/h3-8H,15-16H2,1-2H3. The van der Waals surface area contributed by atoms with Crippen LogP contribution in [0.3, 0.4) is 0 Å². The Balaban J connectivity index is 2.64. The Kier molecular flexibility index (Phi) is 2.91. The zero-order chi connectivity index (χ0) is 12.4. The number of aryl methyl sites for hydroxylation is 1. The molecule has 0 fully saturated rings. The maximum Gasteiger partial charge on any atom is 0.128 e. The van der Waals surface area contributed by atoms with Crippen molar-refractivity contribution in [1.29, 1.82) is 0 Å². The summed E-state index contributed by atoms with van der Waals surface area (Å²) in [6.07, 6.45) is 0. The first-order chi connectivity index (χ1) is 8.13. The normalized spacial score (nSPS) is 10.2. The summed E-state index contributed by atoms with van der Waals surface area (Å²) >= 11 is 0. The predicted molar refractivity (Wildman–Crippen MR) is 72.0 cm³/mol. The summed E-state index contributed by atoms with van der Waals surface area (Å²) in [4.78, 5) is 0. The van der Waals surface area contributed by atoms with Gasteiger partial charge in [0.25, 0.3) is 0 Å². The zero-order valence-corrected chi connectivity index (χ0v) is 10.0. The number of anilines is 2. The van der Waals surface area contributed by atoms with Crippen LogP contribution in [-0.2, 0) is 0 Å². The Morgan fingerprint density at radius 2 is 1.76 bits per heavy atom. The number of benzene rings is 2. The lowest BCUT2D eigenvalue weighted by Crippen LogP contribution is -1.96. The van der Waals surface area contributed by atoms with Gasteiger partial charge in [-0.25, -0.2) is 0 Å². The van der Waals surface area contributed by atoms with Gasteiger partial charge in [0.15, 0.2) is 0 Å². The molecule has 0 unspecified atom stereocenters. The largest absolute Gasteiger partial charge is 0.496 e. The molecular weight excluding hydrogens is 212 g/mol. The number of nitrogen functional groups attached to an aromatic ring is 2. The fourth-order valence-electron chi connectivity index (χ4n) is 1.85. The molecule has 0 bridgehead atoms. The minimum Gasteiger partial charge on any atom is -0.496 e. The molecule has 0 aliphatic heterocycles. The van der Waals surface area contributed by atoms with Crippen molar-refractivity contribution in [2.45, 2.75) is 6.92 Å². The summed E-state index contributed by atoms with van der Waals surface area (Å²) in [6.45, 7) is 1.99. The van der Waals surface area contributed by atoms with E-state index in [9.17, 15) is 0 Å². The van der Waals surface area contributed by atoms with Gasteiger partial charge in [-0.1, -0.05) is 18.2 Å². The van der Waals surface area contributed by atoms with Crippen LogP contribution in [0, 0.1) is 6.92 Å². The van der Waals surface area contributed by atoms with E-state index in [1.165, 1.54) is 0 Å². The van der Waals surface area contributed by atoms with Gasteiger partial charge in [0.2, 0.25) is 0 Å². The van der Waals surface area contributed by atoms with Crippen molar-refractivity contribution in [2.24, 2.45) is 0 Å². The molecule has 0 radical (unpaired) electrons. The Hall–Kier alpha value is -2.16. The number of para-hydroxylation sites is 1. The zero-order valence-electron chi connectivity index (χ0n) is 10.0. The van der Waals surface area contributed by atoms with Gasteiger partial charge in [0.05, 0.1) is 7.11 Å². The van der Waals surface area contributed by atoms with Crippen LogP contribution in [0.1, 0.15) is 5.56 Å². The van der Waals surface area contributed by atoms with Crippen LogP contribution in [0.15, 0.2) is 36.4 Å². The van der Waals surface area contributed by atoms with E-state index < -0.39 is 0 Å². The summed E-state index contributed by atoms with van der Waals surface area (Å²) in [7, 11) is 1.63. The van der Waals surface area contributed by atoms with Crippen molar-refractivity contribution in [3.63, 3.8) is 0 Å².